The Bertz CT molecular complexity index is 1120. The van der Waals surface area contributed by atoms with Crippen molar-refractivity contribution in [3.63, 3.8) is 0 Å². The Balaban J connectivity index is 1.30. The molecule has 7 nitrogen and oxygen atoms in total. The van der Waals surface area contributed by atoms with Crippen LogP contribution in [0.4, 0.5) is 4.79 Å². The van der Waals surface area contributed by atoms with E-state index in [-0.39, 0.29) is 29.5 Å². The molecule has 2 saturated heterocycles. The van der Waals surface area contributed by atoms with Crippen molar-refractivity contribution in [3.05, 3.63) is 59.5 Å². The molecule has 1 saturated carbocycles. The molecule has 1 aliphatic carbocycles. The van der Waals surface area contributed by atoms with E-state index in [4.69, 9.17) is 9.15 Å². The number of carbonyl (C=O) groups is 2. The van der Waals surface area contributed by atoms with Crippen molar-refractivity contribution >= 4 is 12.0 Å². The topological polar surface area (TPSA) is 66.2 Å². The second-order valence-corrected chi connectivity index (χ2v) is 12.9. The van der Waals surface area contributed by atoms with Crippen LogP contribution in [0.15, 0.2) is 47.3 Å². The Morgan fingerprint density at radius 1 is 1.13 bits per heavy atom. The molecule has 1 unspecified atom stereocenters. The smallest absolute Gasteiger partial charge is 0.410 e. The zero-order chi connectivity index (χ0) is 27.1. The highest BCUT2D eigenvalue weighted by Crippen LogP contribution is 2.53. The summed E-state index contributed by atoms with van der Waals surface area (Å²) in [5.74, 6) is 0.603. The molecule has 7 heteroatoms. The predicted molar refractivity (Wildman–Crippen MR) is 147 cm³/mol. The number of furan rings is 1. The Hall–Kier alpha value is -2.80. The molecule has 206 valence electrons. The van der Waals surface area contributed by atoms with E-state index in [1.807, 2.05) is 31.7 Å². The molecular formula is C31H43N3O4. The largest absolute Gasteiger partial charge is 0.472 e. The average Bonchev–Trinajstić information content (AvgIpc) is 3.34. The summed E-state index contributed by atoms with van der Waals surface area (Å²) in [6, 6.07) is 10.9. The van der Waals surface area contributed by atoms with Crippen molar-refractivity contribution in [2.24, 2.45) is 5.41 Å². The molecule has 38 heavy (non-hydrogen) atoms. The van der Waals surface area contributed by atoms with E-state index < -0.39 is 5.60 Å². The number of amides is 2. The summed E-state index contributed by atoms with van der Waals surface area (Å²) in [5.41, 5.74) is 3.43. The molecule has 1 aromatic carbocycles. The van der Waals surface area contributed by atoms with Crippen LogP contribution in [0.1, 0.15) is 89.0 Å². The molecule has 3 aliphatic rings. The maximum atomic E-state index is 13.8. The van der Waals surface area contributed by atoms with Crippen LogP contribution in [-0.4, -0.2) is 64.5 Å². The molecule has 3 fully saturated rings. The van der Waals surface area contributed by atoms with Gasteiger partial charge in [0.1, 0.15) is 5.60 Å². The summed E-state index contributed by atoms with van der Waals surface area (Å²) >= 11 is 0. The molecule has 1 aromatic heterocycles. The van der Waals surface area contributed by atoms with Crippen LogP contribution >= 0.6 is 0 Å². The van der Waals surface area contributed by atoms with E-state index in [0.29, 0.717) is 19.0 Å². The quantitative estimate of drug-likeness (QED) is 0.485. The van der Waals surface area contributed by atoms with Gasteiger partial charge in [-0.25, -0.2) is 4.79 Å². The minimum absolute atomic E-state index is 0.0333. The zero-order valence-corrected chi connectivity index (χ0v) is 23.6. The fourth-order valence-corrected chi connectivity index (χ4v) is 6.69. The Morgan fingerprint density at radius 2 is 1.84 bits per heavy atom. The molecule has 2 aromatic rings. The molecule has 0 N–H and O–H groups in total. The van der Waals surface area contributed by atoms with Gasteiger partial charge >= 0.3 is 6.09 Å². The highest BCUT2D eigenvalue weighted by Gasteiger charge is 2.52. The first-order valence-electron chi connectivity index (χ1n) is 14.1. The van der Waals surface area contributed by atoms with Gasteiger partial charge < -0.3 is 19.0 Å². The number of piperidine rings is 1. The molecule has 5 rings (SSSR count). The second kappa shape index (κ2) is 10.4. The monoisotopic (exact) mass is 521 g/mol. The minimum atomic E-state index is -0.477. The van der Waals surface area contributed by atoms with Crippen LogP contribution in [0, 0.1) is 5.41 Å². The van der Waals surface area contributed by atoms with Gasteiger partial charge in [0, 0.05) is 37.8 Å². The number of rotatable bonds is 5. The van der Waals surface area contributed by atoms with Crippen molar-refractivity contribution in [2.45, 2.75) is 90.4 Å². The van der Waals surface area contributed by atoms with Crippen molar-refractivity contribution in [2.75, 3.05) is 26.2 Å². The number of likely N-dealkylation sites (tertiary alicyclic amines) is 1. The number of carbonyl (C=O) groups excluding carboxylic acids is 2. The maximum Gasteiger partial charge on any atom is 0.410 e. The van der Waals surface area contributed by atoms with Crippen LogP contribution in [0.3, 0.4) is 0 Å². The van der Waals surface area contributed by atoms with Gasteiger partial charge in [-0.1, -0.05) is 38.1 Å². The first kappa shape index (κ1) is 26.8. The molecule has 3 heterocycles. The van der Waals surface area contributed by atoms with E-state index in [2.05, 4.69) is 47.9 Å². The molecular weight excluding hydrogens is 478 g/mol. The lowest BCUT2D eigenvalue weighted by Crippen LogP contribution is -2.62. The number of hydrogen-bond donors (Lipinski definition) is 0. The Kier molecular flexibility index (Phi) is 7.33. The summed E-state index contributed by atoms with van der Waals surface area (Å²) in [6.45, 7) is 13.6. The van der Waals surface area contributed by atoms with Crippen LogP contribution in [0.25, 0.3) is 0 Å². The number of nitrogens with zero attached hydrogens (tertiary/aromatic N) is 3. The van der Waals surface area contributed by atoms with Gasteiger partial charge in [0.25, 0.3) is 0 Å². The molecule has 1 atom stereocenters. The molecule has 1 spiro atoms. The van der Waals surface area contributed by atoms with Gasteiger partial charge in [0.2, 0.25) is 5.91 Å². The van der Waals surface area contributed by atoms with Gasteiger partial charge in [-0.3, -0.25) is 9.69 Å². The number of piperazine rings is 1. The third-order valence-electron chi connectivity index (χ3n) is 8.58. The van der Waals surface area contributed by atoms with Gasteiger partial charge in [0.15, 0.2) is 0 Å². The highest BCUT2D eigenvalue weighted by molar-refractivity contribution is 5.80. The average molecular weight is 522 g/mol. The molecule has 2 aliphatic heterocycles. The predicted octanol–water partition coefficient (Wildman–Crippen LogP) is 5.97. The standard InChI is InChI=1S/C31H43N3O4/c1-22(2)25-8-6-7-9-26(25)27-19-32(18-23-10-15-37-21-23)20-28(35)34(27)24-16-31(17-24)11-13-33(14-12-31)29(36)38-30(3,4)5/h6-10,15,21-22,24,27H,11-14,16-20H2,1-5H3. The minimum Gasteiger partial charge on any atom is -0.472 e. The molecule has 0 bridgehead atoms. The van der Waals surface area contributed by atoms with Crippen LogP contribution in [-0.2, 0) is 16.1 Å². The highest BCUT2D eigenvalue weighted by atomic mass is 16.6. The van der Waals surface area contributed by atoms with E-state index in [0.717, 1.165) is 50.9 Å². The Morgan fingerprint density at radius 3 is 2.47 bits per heavy atom. The fraction of sp³-hybridized carbons (Fsp3) is 0.613. The van der Waals surface area contributed by atoms with Crippen molar-refractivity contribution in [1.82, 2.24) is 14.7 Å². The second-order valence-electron chi connectivity index (χ2n) is 12.9. The number of ether oxygens (including phenoxy) is 1. The van der Waals surface area contributed by atoms with Crippen LogP contribution in [0.5, 0.6) is 0 Å². The summed E-state index contributed by atoms with van der Waals surface area (Å²) in [6.07, 6.45) is 7.24. The van der Waals surface area contributed by atoms with Crippen LogP contribution in [0.2, 0.25) is 0 Å². The van der Waals surface area contributed by atoms with Gasteiger partial charge in [-0.15, -0.1) is 0 Å². The van der Waals surface area contributed by atoms with Gasteiger partial charge in [-0.2, -0.15) is 0 Å². The first-order chi connectivity index (χ1) is 18.0. The number of benzene rings is 1. The maximum absolute atomic E-state index is 13.8. The summed E-state index contributed by atoms with van der Waals surface area (Å²) in [7, 11) is 0. The van der Waals surface area contributed by atoms with Crippen molar-refractivity contribution in [1.29, 1.82) is 0 Å². The lowest BCUT2D eigenvalue weighted by atomic mass is 9.59. The van der Waals surface area contributed by atoms with E-state index in [1.54, 1.807) is 12.5 Å². The number of hydrogen-bond acceptors (Lipinski definition) is 5. The van der Waals surface area contributed by atoms with Gasteiger partial charge in [0.05, 0.1) is 25.1 Å². The third-order valence-corrected chi connectivity index (χ3v) is 8.58. The van der Waals surface area contributed by atoms with E-state index in [1.165, 1.54) is 11.1 Å². The van der Waals surface area contributed by atoms with Crippen molar-refractivity contribution < 1.29 is 18.7 Å². The normalized spacial score (nSPS) is 22.7. The summed E-state index contributed by atoms with van der Waals surface area (Å²) < 4.78 is 10.9. The summed E-state index contributed by atoms with van der Waals surface area (Å²) in [4.78, 5) is 32.7. The van der Waals surface area contributed by atoms with E-state index in [9.17, 15) is 9.59 Å². The Labute approximate surface area is 227 Å². The van der Waals surface area contributed by atoms with Crippen LogP contribution < -0.4 is 0 Å². The lowest BCUT2D eigenvalue weighted by Gasteiger charge is -2.58. The zero-order valence-electron chi connectivity index (χ0n) is 23.6. The lowest BCUT2D eigenvalue weighted by molar-refractivity contribution is -0.153. The first-order valence-corrected chi connectivity index (χ1v) is 14.1. The third kappa shape index (κ3) is 5.63. The SMILES string of the molecule is CC(C)c1ccccc1C1CN(Cc2ccoc2)CC(=O)N1C1CC2(CCN(C(=O)OC(C)(C)C)CC2)C1. The molecule has 2 amide bonds. The van der Waals surface area contributed by atoms with Gasteiger partial charge in [-0.05, 0) is 75.0 Å². The van der Waals surface area contributed by atoms with Crippen molar-refractivity contribution in [3.8, 4) is 0 Å². The molecule has 0 radical (unpaired) electrons. The summed E-state index contributed by atoms with van der Waals surface area (Å²) in [5, 5.41) is 0. The fourth-order valence-electron chi connectivity index (χ4n) is 6.69. The van der Waals surface area contributed by atoms with E-state index >= 15 is 0 Å².